The minimum atomic E-state index is -1.81. The van der Waals surface area contributed by atoms with Crippen molar-refractivity contribution >= 4 is 28.5 Å². The van der Waals surface area contributed by atoms with Gasteiger partial charge in [-0.15, -0.1) is 0 Å². The number of aliphatic hydroxyl groups is 1. The average molecular weight is 395 g/mol. The smallest absolute Gasteiger partial charge is 0.342 e. The van der Waals surface area contributed by atoms with E-state index in [1.807, 2.05) is 0 Å². The van der Waals surface area contributed by atoms with Gasteiger partial charge in [0, 0.05) is 12.6 Å². The monoisotopic (exact) mass is 395 g/mol. The third-order valence-electron chi connectivity index (χ3n) is 6.15. The number of fused-ring (bicyclic) bond motifs is 4. The van der Waals surface area contributed by atoms with Crippen LogP contribution in [0.2, 0.25) is 0 Å². The number of nitro groups is 1. The Morgan fingerprint density at radius 2 is 2.21 bits per heavy atom. The van der Waals surface area contributed by atoms with Gasteiger partial charge in [-0.3, -0.25) is 14.9 Å². The average Bonchev–Trinajstić information content (AvgIpc) is 3.07. The van der Waals surface area contributed by atoms with Crippen LogP contribution >= 0.6 is 0 Å². The number of aromatic nitrogens is 1. The molecule has 1 amide bonds. The van der Waals surface area contributed by atoms with Gasteiger partial charge in [-0.25, -0.2) is 9.78 Å². The highest BCUT2D eigenvalue weighted by atomic mass is 16.6. The highest BCUT2D eigenvalue weighted by Crippen LogP contribution is 2.47. The zero-order valence-corrected chi connectivity index (χ0v) is 15.5. The number of carbonyl (C=O) groups excluding carboxylic acids is 2. The molecular formula is C20H17N3O6. The van der Waals surface area contributed by atoms with E-state index < -0.39 is 22.5 Å². The summed E-state index contributed by atoms with van der Waals surface area (Å²) in [5.41, 5.74) is 0.720. The van der Waals surface area contributed by atoms with Gasteiger partial charge in [0.2, 0.25) is 0 Å². The summed E-state index contributed by atoms with van der Waals surface area (Å²) in [6.07, 6.45) is 0.385. The van der Waals surface area contributed by atoms with Crippen molar-refractivity contribution in [3.8, 4) is 0 Å². The van der Waals surface area contributed by atoms with Crippen molar-refractivity contribution in [2.45, 2.75) is 38.0 Å². The highest BCUT2D eigenvalue weighted by Gasteiger charge is 2.52. The molecule has 0 aliphatic carbocycles. The number of ether oxygens (including phenoxy) is 1. The van der Waals surface area contributed by atoms with E-state index in [1.165, 1.54) is 6.07 Å². The quantitative estimate of drug-likeness (QED) is 0.468. The molecule has 3 aliphatic rings. The number of non-ortho nitro benzene ring substituents is 1. The SMILES string of the molecule is CCC1(O)C(=O)OCC2=C1CC1c3nc4cccc([N+](=O)[O-])c4cc3CN1C2=O. The maximum absolute atomic E-state index is 13.1. The van der Waals surface area contributed by atoms with E-state index in [9.17, 15) is 24.8 Å². The molecule has 9 nitrogen and oxygen atoms in total. The number of amides is 1. The van der Waals surface area contributed by atoms with Crippen molar-refractivity contribution in [1.29, 1.82) is 0 Å². The van der Waals surface area contributed by atoms with Gasteiger partial charge in [-0.1, -0.05) is 13.0 Å². The number of cyclic esters (lactones) is 1. The zero-order chi connectivity index (χ0) is 20.5. The molecule has 0 fully saturated rings. The summed E-state index contributed by atoms with van der Waals surface area (Å²) in [5.74, 6) is -1.03. The van der Waals surface area contributed by atoms with E-state index in [4.69, 9.17) is 4.74 Å². The highest BCUT2D eigenvalue weighted by molar-refractivity contribution is 6.01. The zero-order valence-electron chi connectivity index (χ0n) is 15.5. The van der Waals surface area contributed by atoms with Crippen LogP contribution in [0.4, 0.5) is 5.69 Å². The van der Waals surface area contributed by atoms with Crippen LogP contribution < -0.4 is 0 Å². The number of pyridine rings is 1. The third-order valence-corrected chi connectivity index (χ3v) is 6.15. The maximum atomic E-state index is 13.1. The molecule has 9 heteroatoms. The molecule has 1 aromatic carbocycles. The largest absolute Gasteiger partial charge is 0.458 e. The fraction of sp³-hybridized carbons (Fsp3) is 0.350. The molecule has 29 heavy (non-hydrogen) atoms. The van der Waals surface area contributed by atoms with E-state index in [0.29, 0.717) is 27.7 Å². The van der Waals surface area contributed by atoms with E-state index in [2.05, 4.69) is 4.98 Å². The first-order chi connectivity index (χ1) is 13.8. The Labute approximate surface area is 164 Å². The molecule has 4 heterocycles. The third kappa shape index (κ3) is 2.27. The van der Waals surface area contributed by atoms with Crippen LogP contribution in [0.1, 0.15) is 37.1 Å². The number of hydrogen-bond acceptors (Lipinski definition) is 7. The Bertz CT molecular complexity index is 1160. The van der Waals surface area contributed by atoms with Crippen molar-refractivity contribution in [2.24, 2.45) is 0 Å². The van der Waals surface area contributed by atoms with Gasteiger partial charge in [0.15, 0.2) is 5.60 Å². The topological polar surface area (TPSA) is 123 Å². The summed E-state index contributed by atoms with van der Waals surface area (Å²) in [6, 6.07) is 5.99. The number of carbonyl (C=O) groups is 2. The van der Waals surface area contributed by atoms with Crippen LogP contribution in [-0.4, -0.2) is 44.0 Å². The number of nitro benzene ring substituents is 1. The molecule has 0 saturated heterocycles. The predicted octanol–water partition coefficient (Wildman–Crippen LogP) is 1.92. The molecule has 1 N–H and O–H groups in total. The van der Waals surface area contributed by atoms with Crippen LogP contribution in [0, 0.1) is 10.1 Å². The van der Waals surface area contributed by atoms with Crippen molar-refractivity contribution in [2.75, 3.05) is 6.61 Å². The minimum absolute atomic E-state index is 0.0363. The molecule has 0 saturated carbocycles. The normalized spacial score (nSPS) is 25.6. The Morgan fingerprint density at radius 3 is 2.93 bits per heavy atom. The number of benzene rings is 1. The first-order valence-electron chi connectivity index (χ1n) is 9.35. The predicted molar refractivity (Wildman–Crippen MR) is 99.5 cm³/mol. The van der Waals surface area contributed by atoms with Crippen LogP contribution in [0.3, 0.4) is 0 Å². The lowest BCUT2D eigenvalue weighted by atomic mass is 9.79. The van der Waals surface area contributed by atoms with Gasteiger partial charge < -0.3 is 14.7 Å². The lowest BCUT2D eigenvalue weighted by Gasteiger charge is -2.41. The van der Waals surface area contributed by atoms with Crippen LogP contribution in [-0.2, 0) is 20.9 Å². The number of rotatable bonds is 2. The molecule has 0 spiro atoms. The van der Waals surface area contributed by atoms with Crippen molar-refractivity contribution < 1.29 is 24.4 Å². The molecule has 2 unspecified atom stereocenters. The molecular weight excluding hydrogens is 378 g/mol. The van der Waals surface area contributed by atoms with Gasteiger partial charge >= 0.3 is 5.97 Å². The second-order valence-electron chi connectivity index (χ2n) is 7.53. The van der Waals surface area contributed by atoms with E-state index >= 15 is 0 Å². The van der Waals surface area contributed by atoms with Crippen molar-refractivity contribution in [1.82, 2.24) is 9.88 Å². The van der Waals surface area contributed by atoms with Gasteiger partial charge in [-0.05, 0) is 36.1 Å². The molecule has 2 aromatic rings. The lowest BCUT2D eigenvalue weighted by molar-refractivity contribution is -0.383. The second-order valence-corrected chi connectivity index (χ2v) is 7.53. The van der Waals surface area contributed by atoms with Gasteiger partial charge in [0.05, 0.1) is 33.1 Å². The molecule has 0 bridgehead atoms. The van der Waals surface area contributed by atoms with Crippen LogP contribution in [0.15, 0.2) is 35.4 Å². The Balaban J connectivity index is 1.64. The van der Waals surface area contributed by atoms with Crippen molar-refractivity contribution in [3.63, 3.8) is 0 Å². The van der Waals surface area contributed by atoms with Gasteiger partial charge in [0.25, 0.3) is 11.6 Å². The summed E-state index contributed by atoms with van der Waals surface area (Å²) in [5, 5.41) is 22.7. The fourth-order valence-electron chi connectivity index (χ4n) is 4.60. The number of esters is 1. The number of nitrogens with zero attached hydrogens (tertiary/aromatic N) is 3. The number of hydrogen-bond donors (Lipinski definition) is 1. The molecule has 1 aromatic heterocycles. The molecule has 3 aliphatic heterocycles. The summed E-state index contributed by atoms with van der Waals surface area (Å²) >= 11 is 0. The minimum Gasteiger partial charge on any atom is -0.458 e. The summed E-state index contributed by atoms with van der Waals surface area (Å²) in [6.45, 7) is 1.78. The standard InChI is InChI=1S/C20H17N3O6/c1-2-20(26)13-7-16-17-10(8-22(16)18(24)12(13)9-29-19(20)25)6-11-14(21-17)4-3-5-15(11)23(27)28/h3-6,16,26H,2,7-9H2,1H3. The lowest BCUT2D eigenvalue weighted by Crippen LogP contribution is -2.51. The van der Waals surface area contributed by atoms with Crippen LogP contribution in [0.5, 0.6) is 0 Å². The fourth-order valence-corrected chi connectivity index (χ4v) is 4.60. The molecule has 0 radical (unpaired) electrons. The summed E-state index contributed by atoms with van der Waals surface area (Å²) in [4.78, 5) is 42.5. The van der Waals surface area contributed by atoms with Gasteiger partial charge in [-0.2, -0.15) is 0 Å². The Hall–Kier alpha value is -3.33. The molecule has 2 atom stereocenters. The summed E-state index contributed by atoms with van der Waals surface area (Å²) in [7, 11) is 0. The molecule has 148 valence electrons. The van der Waals surface area contributed by atoms with Crippen molar-refractivity contribution in [3.05, 3.63) is 56.8 Å². The first-order valence-corrected chi connectivity index (χ1v) is 9.35. The van der Waals surface area contributed by atoms with E-state index in [-0.39, 0.29) is 37.6 Å². The Kier molecular flexibility index (Phi) is 3.57. The van der Waals surface area contributed by atoms with Gasteiger partial charge in [0.1, 0.15) is 6.61 Å². The van der Waals surface area contributed by atoms with E-state index in [0.717, 1.165) is 5.56 Å². The maximum Gasteiger partial charge on any atom is 0.342 e. The Morgan fingerprint density at radius 1 is 1.41 bits per heavy atom. The second kappa shape index (κ2) is 5.84. The summed E-state index contributed by atoms with van der Waals surface area (Å²) < 4.78 is 5.07. The van der Waals surface area contributed by atoms with E-state index in [1.54, 1.807) is 30.0 Å². The molecule has 5 rings (SSSR count). The van der Waals surface area contributed by atoms with Crippen LogP contribution in [0.25, 0.3) is 10.9 Å². The first kappa shape index (κ1) is 17.7.